The minimum atomic E-state index is -0.379. The van der Waals surface area contributed by atoms with Gasteiger partial charge in [-0.2, -0.15) is 0 Å². The van der Waals surface area contributed by atoms with E-state index in [2.05, 4.69) is 0 Å². The number of carbonyl (C=O) groups excluding carboxylic acids is 2. The molecule has 1 rings (SSSR count). The van der Waals surface area contributed by atoms with E-state index >= 15 is 0 Å². The van der Waals surface area contributed by atoms with E-state index in [-0.39, 0.29) is 33.5 Å². The smallest absolute Gasteiger partial charge is 0.164 e. The zero-order chi connectivity index (χ0) is 10.9. The van der Waals surface area contributed by atoms with Crippen molar-refractivity contribution < 1.29 is 14.7 Å². The van der Waals surface area contributed by atoms with Crippen LogP contribution in [0.1, 0.15) is 34.6 Å². The van der Waals surface area contributed by atoms with Crippen LogP contribution in [0.3, 0.4) is 0 Å². The lowest BCUT2D eigenvalue weighted by Crippen LogP contribution is -2.05. The molecule has 1 aromatic rings. The summed E-state index contributed by atoms with van der Waals surface area (Å²) in [6.45, 7) is 2.57. The fourth-order valence-corrected chi connectivity index (χ4v) is 1.56. The lowest BCUT2D eigenvalue weighted by molar-refractivity contribution is 0.0978. The first-order valence-corrected chi connectivity index (χ1v) is 4.36. The Hall–Kier alpha value is -1.35. The van der Waals surface area contributed by atoms with E-state index in [1.807, 2.05) is 0 Å². The van der Waals surface area contributed by atoms with Gasteiger partial charge in [-0.05, 0) is 26.0 Å². The number of ketones is 2. The summed E-state index contributed by atoms with van der Waals surface area (Å²) in [6.07, 6.45) is 0. The Morgan fingerprint density at radius 1 is 1.14 bits per heavy atom. The van der Waals surface area contributed by atoms with Crippen LogP contribution in [-0.2, 0) is 0 Å². The van der Waals surface area contributed by atoms with Gasteiger partial charge in [0, 0.05) is 0 Å². The van der Waals surface area contributed by atoms with Crippen molar-refractivity contribution in [1.29, 1.82) is 0 Å². The molecule has 0 bridgehead atoms. The van der Waals surface area contributed by atoms with Gasteiger partial charge < -0.3 is 5.11 Å². The monoisotopic (exact) mass is 212 g/mol. The number of aromatic hydroxyl groups is 1. The number of hydrogen-bond acceptors (Lipinski definition) is 3. The summed E-state index contributed by atoms with van der Waals surface area (Å²) in [4.78, 5) is 22.4. The highest BCUT2D eigenvalue weighted by atomic mass is 35.5. The molecule has 0 fully saturated rings. The van der Waals surface area contributed by atoms with Crippen molar-refractivity contribution >= 4 is 23.2 Å². The average molecular weight is 213 g/mol. The third-order valence-corrected chi connectivity index (χ3v) is 2.15. The molecule has 1 aromatic carbocycles. The zero-order valence-corrected chi connectivity index (χ0v) is 8.55. The molecule has 0 aromatic heterocycles. The van der Waals surface area contributed by atoms with Gasteiger partial charge in [-0.1, -0.05) is 11.6 Å². The Morgan fingerprint density at radius 2 is 1.64 bits per heavy atom. The van der Waals surface area contributed by atoms with Crippen molar-refractivity contribution in [1.82, 2.24) is 0 Å². The van der Waals surface area contributed by atoms with E-state index in [0.29, 0.717) is 0 Å². The number of hydrogen-bond donors (Lipinski definition) is 1. The molecule has 3 nitrogen and oxygen atoms in total. The van der Waals surface area contributed by atoms with Crippen molar-refractivity contribution in [2.45, 2.75) is 13.8 Å². The summed E-state index contributed by atoms with van der Waals surface area (Å²) in [5.41, 5.74) is 0.0733. The molecule has 1 N–H and O–H groups in total. The molecular formula is C10H9ClO3. The molecule has 0 saturated carbocycles. The molecule has 0 aliphatic heterocycles. The normalized spacial score (nSPS) is 9.93. The van der Waals surface area contributed by atoms with E-state index < -0.39 is 0 Å². The summed E-state index contributed by atoms with van der Waals surface area (Å²) < 4.78 is 0. The number of Topliss-reactive ketones (excluding diaryl/α,β-unsaturated/α-hetero) is 2. The average Bonchev–Trinajstić information content (AvgIpc) is 2.07. The highest BCUT2D eigenvalue weighted by molar-refractivity contribution is 6.35. The topological polar surface area (TPSA) is 54.4 Å². The highest BCUT2D eigenvalue weighted by Gasteiger charge is 2.18. The van der Waals surface area contributed by atoms with Gasteiger partial charge in [-0.25, -0.2) is 0 Å². The Bertz CT molecular complexity index is 371. The molecular weight excluding hydrogens is 204 g/mol. The minimum Gasteiger partial charge on any atom is -0.507 e. The SMILES string of the molecule is CC(=O)c1c(O)ccc(Cl)c1C(C)=O. The summed E-state index contributed by atoms with van der Waals surface area (Å²) in [5.74, 6) is -0.932. The van der Waals surface area contributed by atoms with Crippen LogP contribution < -0.4 is 0 Å². The third kappa shape index (κ3) is 1.77. The molecule has 0 unspecified atom stereocenters. The van der Waals surface area contributed by atoms with Crippen molar-refractivity contribution in [3.05, 3.63) is 28.3 Å². The maximum absolute atomic E-state index is 11.2. The molecule has 0 atom stereocenters. The minimum absolute atomic E-state index is 0.00926. The first-order chi connectivity index (χ1) is 6.45. The summed E-state index contributed by atoms with van der Waals surface area (Å²) >= 11 is 5.76. The molecule has 74 valence electrons. The summed E-state index contributed by atoms with van der Waals surface area (Å²) in [5, 5.41) is 9.58. The number of benzene rings is 1. The van der Waals surface area contributed by atoms with E-state index in [4.69, 9.17) is 11.6 Å². The molecule has 0 amide bonds. The molecule has 0 radical (unpaired) electrons. The van der Waals surface area contributed by atoms with Gasteiger partial charge in [0.15, 0.2) is 11.6 Å². The van der Waals surface area contributed by atoms with Crippen LogP contribution in [0.4, 0.5) is 0 Å². The standard InChI is InChI=1S/C10H9ClO3/c1-5(12)9-7(11)3-4-8(14)10(9)6(2)13/h3-4,14H,1-2H3. The first-order valence-electron chi connectivity index (χ1n) is 3.98. The van der Waals surface area contributed by atoms with Gasteiger partial charge in [0.2, 0.25) is 0 Å². The number of phenolic OH excluding ortho intramolecular Hbond substituents is 1. The Balaban J connectivity index is 3.58. The number of phenols is 1. The van der Waals surface area contributed by atoms with Gasteiger partial charge in [-0.3, -0.25) is 9.59 Å². The summed E-state index contributed by atoms with van der Waals surface area (Å²) in [7, 11) is 0. The van der Waals surface area contributed by atoms with E-state index in [1.165, 1.54) is 26.0 Å². The Labute approximate surface area is 86.3 Å². The van der Waals surface area contributed by atoms with Crippen LogP contribution in [-0.4, -0.2) is 16.7 Å². The van der Waals surface area contributed by atoms with Crippen LogP contribution in [0.25, 0.3) is 0 Å². The van der Waals surface area contributed by atoms with Crippen molar-refractivity contribution in [3.8, 4) is 5.75 Å². The quantitative estimate of drug-likeness (QED) is 0.767. The van der Waals surface area contributed by atoms with Crippen LogP contribution in [0.2, 0.25) is 5.02 Å². The van der Waals surface area contributed by atoms with Gasteiger partial charge in [0.05, 0.1) is 16.1 Å². The van der Waals surface area contributed by atoms with E-state index in [9.17, 15) is 14.7 Å². The molecule has 0 aliphatic carbocycles. The van der Waals surface area contributed by atoms with Gasteiger partial charge in [0.25, 0.3) is 0 Å². The lowest BCUT2D eigenvalue weighted by Gasteiger charge is -2.07. The lowest BCUT2D eigenvalue weighted by atomic mass is 10.0. The maximum Gasteiger partial charge on any atom is 0.164 e. The zero-order valence-electron chi connectivity index (χ0n) is 7.80. The number of halogens is 1. The predicted molar refractivity (Wildman–Crippen MR) is 53.1 cm³/mol. The van der Waals surface area contributed by atoms with Crippen molar-refractivity contribution in [2.75, 3.05) is 0 Å². The molecule has 0 heterocycles. The van der Waals surface area contributed by atoms with Crippen molar-refractivity contribution in [3.63, 3.8) is 0 Å². The Kier molecular flexibility index (Phi) is 2.91. The molecule has 14 heavy (non-hydrogen) atoms. The molecule has 4 heteroatoms. The molecule has 0 spiro atoms. The van der Waals surface area contributed by atoms with Gasteiger partial charge >= 0.3 is 0 Å². The highest BCUT2D eigenvalue weighted by Crippen LogP contribution is 2.28. The second kappa shape index (κ2) is 3.80. The first kappa shape index (κ1) is 10.7. The maximum atomic E-state index is 11.2. The van der Waals surface area contributed by atoms with E-state index in [1.54, 1.807) is 0 Å². The molecule has 0 aliphatic rings. The fourth-order valence-electron chi connectivity index (χ4n) is 1.27. The van der Waals surface area contributed by atoms with Crippen molar-refractivity contribution in [2.24, 2.45) is 0 Å². The van der Waals surface area contributed by atoms with Crippen LogP contribution >= 0.6 is 11.6 Å². The predicted octanol–water partition coefficient (Wildman–Crippen LogP) is 2.45. The molecule has 0 saturated heterocycles. The summed E-state index contributed by atoms with van der Waals surface area (Å²) in [6, 6.07) is 2.69. The number of carbonyl (C=O) groups is 2. The van der Waals surface area contributed by atoms with Gasteiger partial charge in [0.1, 0.15) is 5.75 Å². The van der Waals surface area contributed by atoms with Crippen LogP contribution in [0, 0.1) is 0 Å². The number of rotatable bonds is 2. The van der Waals surface area contributed by atoms with Crippen LogP contribution in [0.5, 0.6) is 5.75 Å². The third-order valence-electron chi connectivity index (χ3n) is 1.84. The fraction of sp³-hybridized carbons (Fsp3) is 0.200. The van der Waals surface area contributed by atoms with E-state index in [0.717, 1.165) is 0 Å². The second-order valence-corrected chi connectivity index (χ2v) is 3.34. The second-order valence-electron chi connectivity index (χ2n) is 2.93. The van der Waals surface area contributed by atoms with Crippen LogP contribution in [0.15, 0.2) is 12.1 Å². The largest absolute Gasteiger partial charge is 0.507 e. The van der Waals surface area contributed by atoms with Gasteiger partial charge in [-0.15, -0.1) is 0 Å². The Morgan fingerprint density at radius 3 is 2.00 bits per heavy atom.